The van der Waals surface area contributed by atoms with E-state index >= 15 is 0 Å². The maximum absolute atomic E-state index is 10.3. The molecule has 100 valence electrons. The molecule has 0 saturated carbocycles. The van der Waals surface area contributed by atoms with Gasteiger partial charge in [0.1, 0.15) is 18.0 Å². The highest BCUT2D eigenvalue weighted by molar-refractivity contribution is 14.1. The molecule has 0 unspecified atom stereocenters. The van der Waals surface area contributed by atoms with E-state index in [0.29, 0.717) is 32.7 Å². The van der Waals surface area contributed by atoms with Gasteiger partial charge in [-0.1, -0.05) is 0 Å². The van der Waals surface area contributed by atoms with Crippen molar-refractivity contribution in [3.63, 3.8) is 0 Å². The average molecular weight is 362 g/mol. The smallest absolute Gasteiger partial charge is 0.120 e. The molecule has 0 amide bonds. The normalized spacial score (nSPS) is 18.7. The van der Waals surface area contributed by atoms with Gasteiger partial charge in [-0.15, -0.1) is 0 Å². The van der Waals surface area contributed by atoms with Gasteiger partial charge in [-0.2, -0.15) is 0 Å². The number of aliphatic hydroxyl groups is 1. The van der Waals surface area contributed by atoms with Gasteiger partial charge in [0, 0.05) is 29.6 Å². The molecule has 1 aromatic rings. The molecule has 1 aromatic carbocycles. The topological polar surface area (TPSA) is 38.7 Å². The molecule has 1 fully saturated rings. The number of ether oxygens (including phenoxy) is 2. The van der Waals surface area contributed by atoms with Crippen molar-refractivity contribution in [2.75, 3.05) is 19.8 Å². The number of aryl methyl sites for hydroxylation is 2. The summed E-state index contributed by atoms with van der Waals surface area (Å²) >= 11 is 2.34. The molecule has 1 N–H and O–H groups in total. The van der Waals surface area contributed by atoms with Gasteiger partial charge in [-0.25, -0.2) is 0 Å². The maximum Gasteiger partial charge on any atom is 0.120 e. The third kappa shape index (κ3) is 3.36. The van der Waals surface area contributed by atoms with Crippen LogP contribution in [0.3, 0.4) is 0 Å². The summed E-state index contributed by atoms with van der Waals surface area (Å²) in [6.45, 7) is 5.72. The fourth-order valence-corrected chi connectivity index (χ4v) is 2.41. The van der Waals surface area contributed by atoms with E-state index < -0.39 is 5.60 Å². The second kappa shape index (κ2) is 5.75. The molecule has 0 aliphatic carbocycles. The third-order valence-electron chi connectivity index (χ3n) is 3.34. The van der Waals surface area contributed by atoms with Crippen LogP contribution in [0.15, 0.2) is 12.1 Å². The van der Waals surface area contributed by atoms with E-state index in [1.807, 2.05) is 12.1 Å². The first kappa shape index (κ1) is 14.1. The second-order valence-corrected chi connectivity index (χ2v) is 6.08. The van der Waals surface area contributed by atoms with Crippen LogP contribution in [0.4, 0.5) is 0 Å². The highest BCUT2D eigenvalue weighted by atomic mass is 127. The summed E-state index contributed by atoms with van der Waals surface area (Å²) in [5.41, 5.74) is 1.69. The predicted molar refractivity (Wildman–Crippen MR) is 79.1 cm³/mol. The molecule has 18 heavy (non-hydrogen) atoms. The Labute approximate surface area is 122 Å². The Morgan fingerprint density at radius 2 is 1.83 bits per heavy atom. The first-order valence-corrected chi connectivity index (χ1v) is 7.28. The molecule has 1 heterocycles. The van der Waals surface area contributed by atoms with Crippen LogP contribution in [-0.4, -0.2) is 30.5 Å². The first-order valence-electron chi connectivity index (χ1n) is 6.20. The van der Waals surface area contributed by atoms with Gasteiger partial charge in [-0.3, -0.25) is 0 Å². The molecule has 1 aliphatic heterocycles. The zero-order valence-electron chi connectivity index (χ0n) is 10.8. The van der Waals surface area contributed by atoms with E-state index in [-0.39, 0.29) is 0 Å². The molecule has 1 aliphatic rings. The SMILES string of the molecule is Cc1cc(OCC2(O)CCOCC2)cc(C)c1I. The van der Waals surface area contributed by atoms with Gasteiger partial charge in [0.05, 0.1) is 0 Å². The monoisotopic (exact) mass is 362 g/mol. The quantitative estimate of drug-likeness (QED) is 0.841. The minimum atomic E-state index is -0.733. The van der Waals surface area contributed by atoms with E-state index in [0.717, 1.165) is 5.75 Å². The van der Waals surface area contributed by atoms with Crippen molar-refractivity contribution < 1.29 is 14.6 Å². The Kier molecular flexibility index (Phi) is 4.50. The molecular weight excluding hydrogens is 343 g/mol. The Morgan fingerprint density at radius 3 is 2.39 bits per heavy atom. The summed E-state index contributed by atoms with van der Waals surface area (Å²) in [5.74, 6) is 0.838. The predicted octanol–water partition coefficient (Wildman–Crippen LogP) is 2.83. The summed E-state index contributed by atoms with van der Waals surface area (Å²) in [5, 5.41) is 10.3. The van der Waals surface area contributed by atoms with Crippen LogP contribution >= 0.6 is 22.6 Å². The molecule has 4 heteroatoms. The van der Waals surface area contributed by atoms with E-state index in [4.69, 9.17) is 9.47 Å². The molecule has 0 radical (unpaired) electrons. The minimum Gasteiger partial charge on any atom is -0.491 e. The number of rotatable bonds is 3. The Bertz CT molecular complexity index is 402. The lowest BCUT2D eigenvalue weighted by atomic mass is 9.96. The molecule has 3 nitrogen and oxygen atoms in total. The molecule has 0 aromatic heterocycles. The lowest BCUT2D eigenvalue weighted by Gasteiger charge is -2.31. The van der Waals surface area contributed by atoms with E-state index in [2.05, 4.69) is 36.4 Å². The van der Waals surface area contributed by atoms with E-state index in [1.165, 1.54) is 14.7 Å². The number of hydrogen-bond acceptors (Lipinski definition) is 3. The Morgan fingerprint density at radius 1 is 1.28 bits per heavy atom. The van der Waals surface area contributed by atoms with Crippen molar-refractivity contribution in [2.24, 2.45) is 0 Å². The Balaban J connectivity index is 2.01. The zero-order chi connectivity index (χ0) is 13.2. The summed E-state index contributed by atoms with van der Waals surface area (Å²) in [7, 11) is 0. The summed E-state index contributed by atoms with van der Waals surface area (Å²) in [4.78, 5) is 0. The molecular formula is C14H19IO3. The number of hydrogen-bond donors (Lipinski definition) is 1. The zero-order valence-corrected chi connectivity index (χ0v) is 13.0. The van der Waals surface area contributed by atoms with Gasteiger partial charge in [0.2, 0.25) is 0 Å². The third-order valence-corrected chi connectivity index (χ3v) is 5.04. The van der Waals surface area contributed by atoms with Crippen molar-refractivity contribution in [1.82, 2.24) is 0 Å². The van der Waals surface area contributed by atoms with Gasteiger partial charge >= 0.3 is 0 Å². The average Bonchev–Trinajstić information content (AvgIpc) is 2.34. The largest absolute Gasteiger partial charge is 0.491 e. The van der Waals surface area contributed by atoms with Crippen LogP contribution < -0.4 is 4.74 Å². The van der Waals surface area contributed by atoms with Crippen molar-refractivity contribution in [3.05, 3.63) is 26.8 Å². The van der Waals surface area contributed by atoms with Crippen LogP contribution in [-0.2, 0) is 4.74 Å². The van der Waals surface area contributed by atoms with Crippen molar-refractivity contribution >= 4 is 22.6 Å². The van der Waals surface area contributed by atoms with Crippen molar-refractivity contribution in [1.29, 1.82) is 0 Å². The Hall–Kier alpha value is -0.330. The summed E-state index contributed by atoms with van der Waals surface area (Å²) in [6, 6.07) is 4.05. The van der Waals surface area contributed by atoms with E-state index in [1.54, 1.807) is 0 Å². The lowest BCUT2D eigenvalue weighted by Crippen LogP contribution is -2.41. The molecule has 0 spiro atoms. The molecule has 0 bridgehead atoms. The minimum absolute atomic E-state index is 0.343. The number of benzene rings is 1. The fraction of sp³-hybridized carbons (Fsp3) is 0.571. The standard InChI is InChI=1S/C14H19IO3/c1-10-7-12(8-11(2)13(10)15)18-9-14(16)3-5-17-6-4-14/h7-8,16H,3-6,9H2,1-2H3. The highest BCUT2D eigenvalue weighted by Gasteiger charge is 2.30. The highest BCUT2D eigenvalue weighted by Crippen LogP contribution is 2.26. The van der Waals surface area contributed by atoms with Crippen molar-refractivity contribution in [3.8, 4) is 5.75 Å². The second-order valence-electron chi connectivity index (χ2n) is 5.00. The van der Waals surface area contributed by atoms with Crippen molar-refractivity contribution in [2.45, 2.75) is 32.3 Å². The fourth-order valence-electron chi connectivity index (χ4n) is 2.10. The van der Waals surface area contributed by atoms with Crippen LogP contribution in [0.5, 0.6) is 5.75 Å². The molecule has 1 saturated heterocycles. The summed E-state index contributed by atoms with van der Waals surface area (Å²) in [6.07, 6.45) is 1.30. The first-order chi connectivity index (χ1) is 8.50. The maximum atomic E-state index is 10.3. The van der Waals surface area contributed by atoms with Crippen LogP contribution in [0.2, 0.25) is 0 Å². The molecule has 0 atom stereocenters. The van der Waals surface area contributed by atoms with Gasteiger partial charge < -0.3 is 14.6 Å². The van der Waals surface area contributed by atoms with Gasteiger partial charge in [-0.05, 0) is 59.7 Å². The van der Waals surface area contributed by atoms with Crippen LogP contribution in [0, 0.1) is 17.4 Å². The van der Waals surface area contributed by atoms with Gasteiger partial charge in [0.25, 0.3) is 0 Å². The summed E-state index contributed by atoms with van der Waals surface area (Å²) < 4.78 is 12.3. The van der Waals surface area contributed by atoms with Gasteiger partial charge in [0.15, 0.2) is 0 Å². The van der Waals surface area contributed by atoms with Crippen LogP contribution in [0.25, 0.3) is 0 Å². The van der Waals surface area contributed by atoms with Crippen LogP contribution in [0.1, 0.15) is 24.0 Å². The van der Waals surface area contributed by atoms with E-state index in [9.17, 15) is 5.11 Å². The lowest BCUT2D eigenvalue weighted by molar-refractivity contribution is -0.0855. The number of halogens is 1. The molecule has 2 rings (SSSR count).